The van der Waals surface area contributed by atoms with E-state index in [-0.39, 0.29) is 17.6 Å². The molecule has 1 heterocycles. The van der Waals surface area contributed by atoms with Gasteiger partial charge in [-0.1, -0.05) is 36.9 Å². The van der Waals surface area contributed by atoms with Gasteiger partial charge < -0.3 is 21.3 Å². The number of carbonyl (C=O) groups excluding carboxylic acids is 2. The molecule has 1 aromatic carbocycles. The summed E-state index contributed by atoms with van der Waals surface area (Å²) in [5.74, 6) is 0.291. The quantitative estimate of drug-likeness (QED) is 0.656. The van der Waals surface area contributed by atoms with Gasteiger partial charge in [0, 0.05) is 12.6 Å². The Morgan fingerprint density at radius 3 is 2.50 bits per heavy atom. The van der Waals surface area contributed by atoms with E-state index in [4.69, 9.17) is 0 Å². The Kier molecular flexibility index (Phi) is 5.61. The maximum atomic E-state index is 12.7. The van der Waals surface area contributed by atoms with Crippen LogP contribution in [0.1, 0.15) is 44.1 Å². The minimum Gasteiger partial charge on any atom is -0.382 e. The average molecular weight is 354 g/mol. The topological polar surface area (TPSA) is 82.3 Å². The molecule has 26 heavy (non-hydrogen) atoms. The van der Waals surface area contributed by atoms with Crippen LogP contribution in [-0.4, -0.2) is 24.5 Å². The molecular formula is C20H26N4O2. The molecule has 6 nitrogen and oxygen atoms in total. The lowest BCUT2D eigenvalue weighted by Gasteiger charge is -2.30. The van der Waals surface area contributed by atoms with Crippen molar-refractivity contribution in [1.29, 1.82) is 0 Å². The largest absolute Gasteiger partial charge is 0.382 e. The highest BCUT2D eigenvalue weighted by Crippen LogP contribution is 2.32. The maximum absolute atomic E-state index is 12.7. The minimum absolute atomic E-state index is 0.123. The highest BCUT2D eigenvalue weighted by molar-refractivity contribution is 6.00. The number of likely N-dealkylation sites (N-methyl/N-ethyl adjacent to an activating group) is 1. The van der Waals surface area contributed by atoms with Gasteiger partial charge in [0.05, 0.1) is 11.4 Å². The van der Waals surface area contributed by atoms with Crippen molar-refractivity contribution in [3.8, 4) is 0 Å². The Balaban J connectivity index is 1.62. The third kappa shape index (κ3) is 4.07. The first-order valence-electron chi connectivity index (χ1n) is 9.19. The van der Waals surface area contributed by atoms with Gasteiger partial charge in [-0.25, -0.2) is 4.79 Å². The van der Waals surface area contributed by atoms with Crippen molar-refractivity contribution in [2.45, 2.75) is 44.6 Å². The van der Waals surface area contributed by atoms with Crippen LogP contribution in [-0.2, 0) is 4.79 Å². The van der Waals surface area contributed by atoms with Crippen LogP contribution in [0.25, 0.3) is 0 Å². The third-order valence-electron chi connectivity index (χ3n) is 4.97. The normalized spacial score (nSPS) is 23.1. The van der Waals surface area contributed by atoms with Crippen molar-refractivity contribution in [3.63, 3.8) is 0 Å². The molecule has 6 heteroatoms. The van der Waals surface area contributed by atoms with Gasteiger partial charge in [0.25, 0.3) is 5.91 Å². The predicted molar refractivity (Wildman–Crippen MR) is 101 cm³/mol. The molecule has 1 fully saturated rings. The van der Waals surface area contributed by atoms with E-state index in [1.807, 2.05) is 13.0 Å². The Morgan fingerprint density at radius 1 is 1.15 bits per heavy atom. The first-order chi connectivity index (χ1) is 12.6. The molecule has 0 radical (unpaired) electrons. The lowest BCUT2D eigenvalue weighted by atomic mass is 9.82. The Hall–Kier alpha value is -2.76. The van der Waals surface area contributed by atoms with Crippen LogP contribution in [0.5, 0.6) is 0 Å². The van der Waals surface area contributed by atoms with Crippen LogP contribution in [0.15, 0.2) is 54.0 Å². The molecule has 2 aliphatic rings. The van der Waals surface area contributed by atoms with Gasteiger partial charge in [0.15, 0.2) is 0 Å². The van der Waals surface area contributed by atoms with Crippen LogP contribution < -0.4 is 21.3 Å². The summed E-state index contributed by atoms with van der Waals surface area (Å²) in [6, 6.07) is 10.2. The maximum Gasteiger partial charge on any atom is 0.323 e. The average Bonchev–Trinajstić information content (AvgIpc) is 2.65. The van der Waals surface area contributed by atoms with Gasteiger partial charge in [0.2, 0.25) is 0 Å². The lowest BCUT2D eigenvalue weighted by molar-refractivity contribution is -0.118. The number of rotatable bonds is 5. The molecule has 0 atom stereocenters. The second kappa shape index (κ2) is 8.08. The molecular weight excluding hydrogens is 328 g/mol. The molecule has 3 rings (SSSR count). The number of hydrogen-bond donors (Lipinski definition) is 4. The zero-order valence-corrected chi connectivity index (χ0v) is 15.1. The number of nitrogens with one attached hydrogen (secondary N) is 4. The van der Waals surface area contributed by atoms with E-state index >= 15 is 0 Å². The first kappa shape index (κ1) is 18.0. The second-order valence-electron chi connectivity index (χ2n) is 6.77. The summed E-state index contributed by atoms with van der Waals surface area (Å²) >= 11 is 0. The first-order valence-corrected chi connectivity index (χ1v) is 9.19. The monoisotopic (exact) mass is 354 g/mol. The summed E-state index contributed by atoms with van der Waals surface area (Å²) in [6.07, 6.45) is 3.97. The van der Waals surface area contributed by atoms with Crippen LogP contribution in [0, 0.1) is 0 Å². The van der Waals surface area contributed by atoms with Gasteiger partial charge in [-0.3, -0.25) is 4.79 Å². The Bertz CT molecular complexity index is 719. The fourth-order valence-corrected chi connectivity index (χ4v) is 3.65. The molecule has 1 saturated carbocycles. The molecule has 0 unspecified atom stereocenters. The van der Waals surface area contributed by atoms with Crippen molar-refractivity contribution in [1.82, 2.24) is 21.3 Å². The summed E-state index contributed by atoms with van der Waals surface area (Å²) in [5.41, 5.74) is 2.57. The van der Waals surface area contributed by atoms with Gasteiger partial charge >= 0.3 is 6.03 Å². The number of urea groups is 1. The SMILES string of the molecule is C=C1NC(=O)NC(C(=O)NC2CCC(c3ccccc3)CC2)=C1NCC. The molecule has 1 aliphatic carbocycles. The van der Waals surface area contributed by atoms with Crippen molar-refractivity contribution in [2.24, 2.45) is 0 Å². The Morgan fingerprint density at radius 2 is 1.85 bits per heavy atom. The number of carbonyl (C=O) groups is 2. The molecule has 3 amide bonds. The Labute approximate surface area is 154 Å². The van der Waals surface area contributed by atoms with Gasteiger partial charge in [-0.15, -0.1) is 0 Å². The molecule has 1 aliphatic heterocycles. The molecule has 138 valence electrons. The highest BCUT2D eigenvalue weighted by Gasteiger charge is 2.28. The van der Waals surface area contributed by atoms with E-state index in [9.17, 15) is 9.59 Å². The number of benzene rings is 1. The lowest BCUT2D eigenvalue weighted by Crippen LogP contribution is -2.49. The summed E-state index contributed by atoms with van der Waals surface area (Å²) in [7, 11) is 0. The summed E-state index contributed by atoms with van der Waals surface area (Å²) in [5, 5.41) is 11.3. The third-order valence-corrected chi connectivity index (χ3v) is 4.97. The standard InChI is InChI=1S/C20H26N4O2/c1-3-21-17-13(2)22-20(26)24-18(17)19(25)23-16-11-9-15(10-12-16)14-7-5-4-6-8-14/h4-8,15-16,21H,2-3,9-12H2,1H3,(H,23,25)(H2,22,24,26). The molecule has 1 aromatic rings. The molecule has 0 spiro atoms. The van der Waals surface area contributed by atoms with Crippen molar-refractivity contribution < 1.29 is 9.59 Å². The predicted octanol–water partition coefficient (Wildman–Crippen LogP) is 2.48. The van der Waals surface area contributed by atoms with E-state index in [0.717, 1.165) is 25.7 Å². The molecule has 0 bridgehead atoms. The van der Waals surface area contributed by atoms with E-state index < -0.39 is 6.03 Å². The van der Waals surface area contributed by atoms with Crippen LogP contribution >= 0.6 is 0 Å². The van der Waals surface area contributed by atoms with E-state index in [0.29, 0.717) is 23.9 Å². The van der Waals surface area contributed by atoms with Gasteiger partial charge in [-0.2, -0.15) is 0 Å². The summed E-state index contributed by atoms with van der Waals surface area (Å²) in [6.45, 7) is 6.37. The minimum atomic E-state index is -0.436. The van der Waals surface area contributed by atoms with Crippen LogP contribution in [0.4, 0.5) is 4.79 Å². The van der Waals surface area contributed by atoms with E-state index in [1.165, 1.54) is 5.56 Å². The van der Waals surface area contributed by atoms with Crippen LogP contribution in [0.2, 0.25) is 0 Å². The molecule has 4 N–H and O–H groups in total. The smallest absolute Gasteiger partial charge is 0.323 e. The summed E-state index contributed by atoms with van der Waals surface area (Å²) < 4.78 is 0. The van der Waals surface area contributed by atoms with Crippen LogP contribution in [0.3, 0.4) is 0 Å². The van der Waals surface area contributed by atoms with Crippen molar-refractivity contribution >= 4 is 11.9 Å². The zero-order valence-electron chi connectivity index (χ0n) is 15.1. The van der Waals surface area contributed by atoms with E-state index in [1.54, 1.807) is 0 Å². The number of hydrogen-bond acceptors (Lipinski definition) is 3. The highest BCUT2D eigenvalue weighted by atomic mass is 16.2. The van der Waals surface area contributed by atoms with Crippen molar-refractivity contribution in [2.75, 3.05) is 6.54 Å². The van der Waals surface area contributed by atoms with Gasteiger partial charge in [0.1, 0.15) is 5.70 Å². The molecule has 0 saturated heterocycles. The molecule has 0 aromatic heterocycles. The fraction of sp³-hybridized carbons (Fsp3) is 0.400. The van der Waals surface area contributed by atoms with E-state index in [2.05, 4.69) is 52.1 Å². The number of amides is 3. The zero-order chi connectivity index (χ0) is 18.5. The van der Waals surface area contributed by atoms with Gasteiger partial charge in [-0.05, 0) is 44.1 Å². The van der Waals surface area contributed by atoms with Crippen molar-refractivity contribution in [3.05, 3.63) is 59.6 Å². The second-order valence-corrected chi connectivity index (χ2v) is 6.77. The fourth-order valence-electron chi connectivity index (χ4n) is 3.65. The summed E-state index contributed by atoms with van der Waals surface area (Å²) in [4.78, 5) is 24.4.